The molecule has 0 aromatic heterocycles. The van der Waals surface area contributed by atoms with E-state index in [1.165, 1.54) is 6.07 Å². The molecule has 82 valence electrons. The molecule has 3 heteroatoms. The summed E-state index contributed by atoms with van der Waals surface area (Å²) in [6.45, 7) is 0.141. The van der Waals surface area contributed by atoms with Crippen LogP contribution in [0.2, 0.25) is 0 Å². The SMILES string of the molecule is OCCCc1ccc(OC2CC2)c(F)c1. The molecule has 1 fully saturated rings. The Balaban J connectivity index is 2.00. The number of ether oxygens (including phenoxy) is 1. The van der Waals surface area contributed by atoms with Crippen molar-refractivity contribution in [3.8, 4) is 5.75 Å². The van der Waals surface area contributed by atoms with E-state index in [1.807, 2.05) is 6.07 Å². The first-order valence-corrected chi connectivity index (χ1v) is 5.35. The van der Waals surface area contributed by atoms with E-state index in [4.69, 9.17) is 9.84 Å². The Morgan fingerprint density at radius 3 is 2.80 bits per heavy atom. The predicted octanol–water partition coefficient (Wildman–Crippen LogP) is 2.29. The molecular weight excluding hydrogens is 195 g/mol. The fraction of sp³-hybridized carbons (Fsp3) is 0.500. The molecular formula is C12H15FO2. The Bertz CT molecular complexity index is 334. The van der Waals surface area contributed by atoms with Crippen molar-refractivity contribution in [3.63, 3.8) is 0 Å². The van der Waals surface area contributed by atoms with Crippen molar-refractivity contribution in [1.82, 2.24) is 0 Å². The highest BCUT2D eigenvalue weighted by atomic mass is 19.1. The third kappa shape index (κ3) is 2.93. The Hall–Kier alpha value is -1.09. The van der Waals surface area contributed by atoms with Crippen molar-refractivity contribution in [1.29, 1.82) is 0 Å². The molecule has 1 N–H and O–H groups in total. The molecule has 0 aliphatic heterocycles. The van der Waals surface area contributed by atoms with Gasteiger partial charge in [0.1, 0.15) is 0 Å². The standard InChI is InChI=1S/C12H15FO2/c13-11-8-9(2-1-7-14)3-6-12(11)15-10-4-5-10/h3,6,8,10,14H,1-2,4-5,7H2. The summed E-state index contributed by atoms with van der Waals surface area (Å²) in [6.07, 6.45) is 3.67. The lowest BCUT2D eigenvalue weighted by Crippen LogP contribution is -1.99. The van der Waals surface area contributed by atoms with Crippen LogP contribution in [0.4, 0.5) is 4.39 Å². The first-order chi connectivity index (χ1) is 7.29. The zero-order chi connectivity index (χ0) is 10.7. The molecule has 15 heavy (non-hydrogen) atoms. The second kappa shape index (κ2) is 4.62. The van der Waals surface area contributed by atoms with Gasteiger partial charge in [-0.1, -0.05) is 6.07 Å². The lowest BCUT2D eigenvalue weighted by molar-refractivity contribution is 0.285. The van der Waals surface area contributed by atoms with Gasteiger partial charge in [-0.2, -0.15) is 0 Å². The van der Waals surface area contributed by atoms with Crippen molar-refractivity contribution >= 4 is 0 Å². The summed E-state index contributed by atoms with van der Waals surface area (Å²) in [7, 11) is 0. The van der Waals surface area contributed by atoms with Crippen LogP contribution in [0, 0.1) is 5.82 Å². The molecule has 0 heterocycles. The van der Waals surface area contributed by atoms with E-state index in [9.17, 15) is 4.39 Å². The van der Waals surface area contributed by atoms with Gasteiger partial charge in [0.05, 0.1) is 6.10 Å². The highest BCUT2D eigenvalue weighted by Crippen LogP contribution is 2.28. The second-order valence-electron chi connectivity index (χ2n) is 3.91. The number of halogens is 1. The maximum Gasteiger partial charge on any atom is 0.165 e. The van der Waals surface area contributed by atoms with Crippen LogP contribution in [0.25, 0.3) is 0 Å². The van der Waals surface area contributed by atoms with Crippen molar-refractivity contribution in [2.24, 2.45) is 0 Å². The zero-order valence-corrected chi connectivity index (χ0v) is 8.58. The number of aliphatic hydroxyl groups excluding tert-OH is 1. The van der Waals surface area contributed by atoms with Crippen LogP contribution >= 0.6 is 0 Å². The van der Waals surface area contributed by atoms with Crippen LogP contribution in [-0.2, 0) is 6.42 Å². The lowest BCUT2D eigenvalue weighted by atomic mass is 10.1. The fourth-order valence-electron chi connectivity index (χ4n) is 1.44. The molecule has 1 aromatic rings. The van der Waals surface area contributed by atoms with Crippen LogP contribution in [0.3, 0.4) is 0 Å². The third-order valence-electron chi connectivity index (χ3n) is 2.44. The molecule has 1 aliphatic rings. The zero-order valence-electron chi connectivity index (χ0n) is 8.58. The number of aryl methyl sites for hydroxylation is 1. The van der Waals surface area contributed by atoms with Crippen molar-refractivity contribution in [2.75, 3.05) is 6.61 Å². The van der Waals surface area contributed by atoms with Crippen molar-refractivity contribution in [2.45, 2.75) is 31.8 Å². The van der Waals surface area contributed by atoms with Crippen LogP contribution in [0.5, 0.6) is 5.75 Å². The molecule has 0 amide bonds. The molecule has 0 radical (unpaired) electrons. The fourth-order valence-corrected chi connectivity index (χ4v) is 1.44. The Labute approximate surface area is 88.7 Å². The summed E-state index contributed by atoms with van der Waals surface area (Å²) >= 11 is 0. The smallest absolute Gasteiger partial charge is 0.165 e. The van der Waals surface area contributed by atoms with Gasteiger partial charge in [0, 0.05) is 6.61 Å². The normalized spacial score (nSPS) is 15.3. The van der Waals surface area contributed by atoms with Crippen LogP contribution in [0.15, 0.2) is 18.2 Å². The van der Waals surface area contributed by atoms with E-state index in [1.54, 1.807) is 6.07 Å². The maximum absolute atomic E-state index is 13.5. The van der Waals surface area contributed by atoms with E-state index in [0.717, 1.165) is 18.4 Å². The molecule has 0 atom stereocenters. The second-order valence-corrected chi connectivity index (χ2v) is 3.91. The Morgan fingerprint density at radius 1 is 1.40 bits per heavy atom. The average molecular weight is 210 g/mol. The molecule has 0 saturated heterocycles. The quantitative estimate of drug-likeness (QED) is 0.808. The summed E-state index contributed by atoms with van der Waals surface area (Å²) < 4.78 is 18.9. The van der Waals surface area contributed by atoms with Gasteiger partial charge in [-0.15, -0.1) is 0 Å². The minimum absolute atomic E-state index is 0.141. The number of hydrogen-bond donors (Lipinski definition) is 1. The van der Waals surface area contributed by atoms with Gasteiger partial charge in [-0.05, 0) is 43.4 Å². The highest BCUT2D eigenvalue weighted by Gasteiger charge is 2.24. The predicted molar refractivity (Wildman–Crippen MR) is 55.5 cm³/mol. The monoisotopic (exact) mass is 210 g/mol. The van der Waals surface area contributed by atoms with E-state index >= 15 is 0 Å². The highest BCUT2D eigenvalue weighted by molar-refractivity contribution is 5.30. The van der Waals surface area contributed by atoms with Gasteiger partial charge in [0.2, 0.25) is 0 Å². The topological polar surface area (TPSA) is 29.5 Å². The third-order valence-corrected chi connectivity index (χ3v) is 2.44. The summed E-state index contributed by atoms with van der Waals surface area (Å²) in [5.74, 6) is 0.0580. The van der Waals surface area contributed by atoms with Crippen LogP contribution in [-0.4, -0.2) is 17.8 Å². The van der Waals surface area contributed by atoms with E-state index in [-0.39, 0.29) is 18.5 Å². The number of aliphatic hydroxyl groups is 1. The van der Waals surface area contributed by atoms with E-state index in [0.29, 0.717) is 18.6 Å². The molecule has 0 unspecified atom stereocenters. The number of rotatable bonds is 5. The number of hydrogen-bond acceptors (Lipinski definition) is 2. The summed E-state index contributed by atoms with van der Waals surface area (Å²) in [5.41, 5.74) is 0.907. The molecule has 0 bridgehead atoms. The first-order valence-electron chi connectivity index (χ1n) is 5.35. The average Bonchev–Trinajstić information content (AvgIpc) is 3.02. The molecule has 2 nitrogen and oxygen atoms in total. The van der Waals surface area contributed by atoms with Gasteiger partial charge < -0.3 is 9.84 Å². The minimum Gasteiger partial charge on any atom is -0.487 e. The van der Waals surface area contributed by atoms with Gasteiger partial charge in [0.25, 0.3) is 0 Å². The minimum atomic E-state index is -0.294. The molecule has 1 aromatic carbocycles. The summed E-state index contributed by atoms with van der Waals surface area (Å²) in [6, 6.07) is 5.03. The van der Waals surface area contributed by atoms with Crippen LogP contribution in [0.1, 0.15) is 24.8 Å². The van der Waals surface area contributed by atoms with E-state index in [2.05, 4.69) is 0 Å². The Kier molecular flexibility index (Phi) is 3.21. The molecule has 2 rings (SSSR count). The largest absolute Gasteiger partial charge is 0.487 e. The molecule has 1 saturated carbocycles. The number of benzene rings is 1. The van der Waals surface area contributed by atoms with Gasteiger partial charge in [-0.3, -0.25) is 0 Å². The van der Waals surface area contributed by atoms with Gasteiger partial charge >= 0.3 is 0 Å². The summed E-state index contributed by atoms with van der Waals surface area (Å²) in [4.78, 5) is 0. The van der Waals surface area contributed by atoms with E-state index < -0.39 is 0 Å². The van der Waals surface area contributed by atoms with Crippen LogP contribution < -0.4 is 4.74 Å². The van der Waals surface area contributed by atoms with Crippen molar-refractivity contribution < 1.29 is 14.2 Å². The van der Waals surface area contributed by atoms with Gasteiger partial charge in [0.15, 0.2) is 11.6 Å². The first kappa shape index (κ1) is 10.4. The molecule has 1 aliphatic carbocycles. The Morgan fingerprint density at radius 2 is 2.20 bits per heavy atom. The van der Waals surface area contributed by atoms with Gasteiger partial charge in [-0.25, -0.2) is 4.39 Å². The van der Waals surface area contributed by atoms with Crippen molar-refractivity contribution in [3.05, 3.63) is 29.6 Å². The molecule has 0 spiro atoms. The lowest BCUT2D eigenvalue weighted by Gasteiger charge is -2.07. The summed E-state index contributed by atoms with van der Waals surface area (Å²) in [5, 5.41) is 8.66. The maximum atomic E-state index is 13.5.